The van der Waals surface area contributed by atoms with Gasteiger partial charge in [0.25, 0.3) is 10.0 Å². The Hall–Kier alpha value is -2.27. The van der Waals surface area contributed by atoms with E-state index >= 15 is 0 Å². The van der Waals surface area contributed by atoms with Crippen molar-refractivity contribution in [3.8, 4) is 5.75 Å². The Kier molecular flexibility index (Phi) is 6.68. The van der Waals surface area contributed by atoms with Crippen LogP contribution in [0.4, 0.5) is 14.5 Å². The lowest BCUT2D eigenvalue weighted by Gasteiger charge is -2.40. The molecule has 1 fully saturated rings. The summed E-state index contributed by atoms with van der Waals surface area (Å²) in [6.07, 6.45) is 0. The third-order valence-corrected chi connectivity index (χ3v) is 6.37. The van der Waals surface area contributed by atoms with Crippen molar-refractivity contribution in [1.29, 1.82) is 0 Å². The molecule has 1 saturated heterocycles. The minimum atomic E-state index is -3.98. The lowest BCUT2D eigenvalue weighted by atomic mass is 10.2. The largest absolute Gasteiger partial charge is 0.434 e. The predicted molar refractivity (Wildman–Crippen MR) is 104 cm³/mol. The summed E-state index contributed by atoms with van der Waals surface area (Å²) in [5.74, 6) is -0.0683. The summed E-state index contributed by atoms with van der Waals surface area (Å²) < 4.78 is 58.2. The molecule has 2 aromatic rings. The zero-order valence-corrected chi connectivity index (χ0v) is 17.0. The highest BCUT2D eigenvalue weighted by atomic mass is 32.2. The van der Waals surface area contributed by atoms with Crippen molar-refractivity contribution < 1.29 is 26.8 Å². The van der Waals surface area contributed by atoms with Crippen LogP contribution in [0.2, 0.25) is 0 Å². The van der Waals surface area contributed by atoms with Crippen LogP contribution in [0, 0.1) is 6.92 Å². The molecular weight excluding hydrogens is 404 g/mol. The second-order valence-corrected chi connectivity index (χ2v) is 8.22. The Morgan fingerprint density at radius 3 is 2.28 bits per heavy atom. The maximum Gasteiger partial charge on any atom is 0.387 e. The van der Waals surface area contributed by atoms with Gasteiger partial charge < -0.3 is 9.57 Å². The molecule has 0 bridgehead atoms. The normalized spacial score (nSPS) is 16.2. The van der Waals surface area contributed by atoms with E-state index in [0.717, 1.165) is 4.41 Å². The molecule has 7 nitrogen and oxygen atoms in total. The number of hydrogen-bond donors (Lipinski definition) is 0. The molecular formula is C19H23F2N3O4S. The number of hydrogen-bond acceptors (Lipinski definition) is 6. The Bertz CT molecular complexity index is 920. The second kappa shape index (κ2) is 9.04. The molecule has 1 aliphatic rings. The Labute approximate surface area is 169 Å². The topological polar surface area (TPSA) is 62.3 Å². The van der Waals surface area contributed by atoms with Gasteiger partial charge in [-0.1, -0.05) is 24.3 Å². The third kappa shape index (κ3) is 4.84. The van der Waals surface area contributed by atoms with Crippen LogP contribution in [-0.2, 0) is 14.9 Å². The molecule has 1 aliphatic heterocycles. The summed E-state index contributed by atoms with van der Waals surface area (Å²) in [4.78, 5) is 5.31. The van der Waals surface area contributed by atoms with Crippen molar-refractivity contribution >= 4 is 15.7 Å². The first-order chi connectivity index (χ1) is 13.8. The van der Waals surface area contributed by atoms with Crippen LogP contribution >= 0.6 is 0 Å². The molecule has 0 atom stereocenters. The van der Waals surface area contributed by atoms with Crippen LogP contribution in [0.1, 0.15) is 5.56 Å². The number of benzene rings is 2. The number of piperazine rings is 1. The fourth-order valence-electron chi connectivity index (χ4n) is 3.12. The van der Waals surface area contributed by atoms with Crippen molar-refractivity contribution in [1.82, 2.24) is 10.1 Å². The lowest BCUT2D eigenvalue weighted by molar-refractivity contribution is -0.151. The molecule has 0 aliphatic carbocycles. The van der Waals surface area contributed by atoms with E-state index in [0.29, 0.717) is 31.7 Å². The first kappa shape index (κ1) is 21.4. The second-order valence-electron chi connectivity index (χ2n) is 6.45. The Morgan fingerprint density at radius 1 is 1.03 bits per heavy atom. The molecule has 0 unspecified atom stereocenters. The molecule has 0 amide bonds. The summed E-state index contributed by atoms with van der Waals surface area (Å²) in [7, 11) is -2.42. The van der Waals surface area contributed by atoms with Gasteiger partial charge in [0.1, 0.15) is 5.75 Å². The number of sulfonamides is 1. The van der Waals surface area contributed by atoms with Gasteiger partial charge in [-0.2, -0.15) is 26.7 Å². The van der Waals surface area contributed by atoms with Gasteiger partial charge in [-0.3, -0.25) is 0 Å². The van der Waals surface area contributed by atoms with E-state index in [1.807, 2.05) is 0 Å². The Balaban J connectivity index is 2.04. The van der Waals surface area contributed by atoms with Crippen molar-refractivity contribution in [3.05, 3.63) is 54.1 Å². The van der Waals surface area contributed by atoms with Crippen molar-refractivity contribution in [2.45, 2.75) is 18.4 Å². The maximum atomic E-state index is 13.5. The van der Waals surface area contributed by atoms with E-state index in [9.17, 15) is 17.2 Å². The fraction of sp³-hybridized carbons (Fsp3) is 0.368. The van der Waals surface area contributed by atoms with Gasteiger partial charge in [-0.15, -0.1) is 0 Å². The molecule has 1 heterocycles. The fourth-order valence-corrected chi connectivity index (χ4v) is 4.68. The van der Waals surface area contributed by atoms with Gasteiger partial charge in [0.15, 0.2) is 0 Å². The number of aryl methyl sites for hydroxylation is 1. The highest BCUT2D eigenvalue weighted by Crippen LogP contribution is 2.32. The summed E-state index contributed by atoms with van der Waals surface area (Å²) in [6, 6.07) is 12.5. The number of hydrazine groups is 1. The number of ether oxygens (including phenoxy) is 1. The van der Waals surface area contributed by atoms with E-state index in [1.165, 1.54) is 18.2 Å². The number of alkyl halides is 2. The van der Waals surface area contributed by atoms with Crippen molar-refractivity contribution in [3.63, 3.8) is 0 Å². The average Bonchev–Trinajstić information content (AvgIpc) is 2.71. The van der Waals surface area contributed by atoms with E-state index in [4.69, 9.17) is 4.84 Å². The van der Waals surface area contributed by atoms with Crippen LogP contribution in [0.25, 0.3) is 0 Å². The number of nitrogens with zero attached hydrogens (tertiary/aromatic N) is 3. The molecule has 0 saturated carbocycles. The highest BCUT2D eigenvalue weighted by molar-refractivity contribution is 7.92. The van der Waals surface area contributed by atoms with Gasteiger partial charge in [0.2, 0.25) is 0 Å². The first-order valence-electron chi connectivity index (χ1n) is 9.02. The van der Waals surface area contributed by atoms with E-state index in [-0.39, 0.29) is 16.3 Å². The van der Waals surface area contributed by atoms with Crippen LogP contribution < -0.4 is 9.15 Å². The van der Waals surface area contributed by atoms with Crippen molar-refractivity contribution in [2.24, 2.45) is 0 Å². The molecule has 0 radical (unpaired) electrons. The van der Waals surface area contributed by atoms with Gasteiger partial charge in [0, 0.05) is 32.2 Å². The number of hydroxylamine groups is 2. The molecule has 10 heteroatoms. The molecule has 29 heavy (non-hydrogen) atoms. The third-order valence-electron chi connectivity index (χ3n) is 4.61. The number of rotatable bonds is 7. The highest BCUT2D eigenvalue weighted by Gasteiger charge is 2.33. The van der Waals surface area contributed by atoms with Gasteiger partial charge >= 0.3 is 6.61 Å². The molecule has 3 rings (SSSR count). The predicted octanol–water partition coefficient (Wildman–Crippen LogP) is 2.89. The van der Waals surface area contributed by atoms with Gasteiger partial charge in [-0.05, 0) is 30.7 Å². The number of anilines is 1. The zero-order chi connectivity index (χ0) is 21.0. The molecule has 0 N–H and O–H groups in total. The standard InChI is InChI=1S/C19H23F2N3O4S/c1-15-8-9-16(14-18(15)28-19(20)21)24(22-10-12-23(27-2)13-11-22)29(25,26)17-6-4-3-5-7-17/h3-9,14,19H,10-13H2,1-2H3. The quantitative estimate of drug-likeness (QED) is 0.677. The van der Waals surface area contributed by atoms with Crippen LogP contribution in [0.15, 0.2) is 53.4 Å². The van der Waals surface area contributed by atoms with Gasteiger partial charge in [-0.25, -0.2) is 5.01 Å². The summed E-state index contributed by atoms with van der Waals surface area (Å²) in [5.41, 5.74) is 0.705. The van der Waals surface area contributed by atoms with Crippen LogP contribution in [-0.4, -0.2) is 58.4 Å². The van der Waals surface area contributed by atoms with E-state index in [2.05, 4.69) is 4.74 Å². The first-order valence-corrected chi connectivity index (χ1v) is 10.5. The molecule has 158 valence electrons. The monoisotopic (exact) mass is 427 g/mol. The van der Waals surface area contributed by atoms with Gasteiger partial charge in [0.05, 0.1) is 17.7 Å². The minimum absolute atomic E-state index is 0.0683. The van der Waals surface area contributed by atoms with E-state index in [1.54, 1.807) is 54.4 Å². The summed E-state index contributed by atoms with van der Waals surface area (Å²) in [6.45, 7) is 0.341. The SMILES string of the molecule is CON1CCN(N(c2ccc(C)c(OC(F)F)c2)S(=O)(=O)c2ccccc2)CC1. The zero-order valence-electron chi connectivity index (χ0n) is 16.2. The smallest absolute Gasteiger partial charge is 0.387 e. The minimum Gasteiger partial charge on any atom is -0.434 e. The average molecular weight is 427 g/mol. The molecule has 0 aromatic heterocycles. The summed E-state index contributed by atoms with van der Waals surface area (Å²) >= 11 is 0. The van der Waals surface area contributed by atoms with Crippen LogP contribution in [0.5, 0.6) is 5.75 Å². The maximum absolute atomic E-state index is 13.5. The summed E-state index contributed by atoms with van der Waals surface area (Å²) in [5, 5.41) is 3.39. The van der Waals surface area contributed by atoms with Crippen molar-refractivity contribution in [2.75, 3.05) is 37.7 Å². The number of halogens is 2. The molecule has 0 spiro atoms. The molecule has 2 aromatic carbocycles. The van der Waals surface area contributed by atoms with E-state index < -0.39 is 16.6 Å². The lowest BCUT2D eigenvalue weighted by Crippen LogP contribution is -2.55. The van der Waals surface area contributed by atoms with Crippen LogP contribution in [0.3, 0.4) is 0 Å². The Morgan fingerprint density at radius 2 is 1.69 bits per heavy atom.